The highest BCUT2D eigenvalue weighted by atomic mass is 16.6. The number of hydrogen-bond acceptors (Lipinski definition) is 8. The molecule has 0 aliphatic heterocycles. The molecule has 0 radical (unpaired) electrons. The van der Waals surface area contributed by atoms with Crippen LogP contribution in [0.25, 0.3) is 0 Å². The molecule has 0 spiro atoms. The number of nitrogens with zero attached hydrogens (tertiary/aromatic N) is 1. The van der Waals surface area contributed by atoms with Crippen LogP contribution >= 0.6 is 0 Å². The van der Waals surface area contributed by atoms with Gasteiger partial charge in [-0.25, -0.2) is 10.2 Å². The van der Waals surface area contributed by atoms with Gasteiger partial charge in [0.15, 0.2) is 18.1 Å². The van der Waals surface area contributed by atoms with Gasteiger partial charge in [-0.3, -0.25) is 9.59 Å². The Kier molecular flexibility index (Phi) is 10.7. The van der Waals surface area contributed by atoms with E-state index in [4.69, 9.17) is 24.7 Å². The van der Waals surface area contributed by atoms with Crippen LogP contribution in [0.15, 0.2) is 53.6 Å². The molecule has 0 aliphatic rings. The molecule has 1 atom stereocenters. The Hall–Kier alpha value is -4.12. The van der Waals surface area contributed by atoms with Crippen LogP contribution in [0.3, 0.4) is 0 Å². The SMILES string of the molecule is COc1cc(/C=N\NC(=O)[C@H](COCc2ccccc2)NC(=O)OC(C)(C)C)ccc1OCC(N)=O. The Labute approximate surface area is 209 Å². The highest BCUT2D eigenvalue weighted by Crippen LogP contribution is 2.27. The van der Waals surface area contributed by atoms with Gasteiger partial charge in [0.1, 0.15) is 11.6 Å². The first-order valence-electron chi connectivity index (χ1n) is 11.1. The van der Waals surface area contributed by atoms with E-state index in [-0.39, 0.29) is 19.8 Å². The summed E-state index contributed by atoms with van der Waals surface area (Å²) in [6.45, 7) is 5.02. The number of hydrazone groups is 1. The highest BCUT2D eigenvalue weighted by Gasteiger charge is 2.24. The van der Waals surface area contributed by atoms with Crippen molar-refractivity contribution in [2.75, 3.05) is 20.3 Å². The van der Waals surface area contributed by atoms with Crippen LogP contribution in [0.1, 0.15) is 31.9 Å². The summed E-state index contributed by atoms with van der Waals surface area (Å²) in [4.78, 5) is 35.9. The lowest BCUT2D eigenvalue weighted by atomic mass is 10.2. The van der Waals surface area contributed by atoms with E-state index in [0.29, 0.717) is 17.1 Å². The van der Waals surface area contributed by atoms with Gasteiger partial charge in [-0.15, -0.1) is 0 Å². The zero-order chi connectivity index (χ0) is 26.6. The molecule has 4 N–H and O–H groups in total. The van der Waals surface area contributed by atoms with Crippen molar-refractivity contribution < 1.29 is 33.3 Å². The highest BCUT2D eigenvalue weighted by molar-refractivity contribution is 5.87. The van der Waals surface area contributed by atoms with Crippen molar-refractivity contribution in [1.29, 1.82) is 0 Å². The van der Waals surface area contributed by atoms with Gasteiger partial charge in [0.2, 0.25) is 0 Å². The zero-order valence-corrected chi connectivity index (χ0v) is 20.8. The number of rotatable bonds is 12. The average Bonchev–Trinajstić information content (AvgIpc) is 2.81. The van der Waals surface area contributed by atoms with Crippen molar-refractivity contribution in [1.82, 2.24) is 10.7 Å². The van der Waals surface area contributed by atoms with Gasteiger partial charge >= 0.3 is 6.09 Å². The Balaban J connectivity index is 2.02. The molecule has 0 saturated heterocycles. The largest absolute Gasteiger partial charge is 0.493 e. The molecule has 194 valence electrons. The molecule has 0 aliphatic carbocycles. The number of amides is 3. The molecule has 2 aromatic rings. The fourth-order valence-electron chi connectivity index (χ4n) is 2.78. The monoisotopic (exact) mass is 500 g/mol. The van der Waals surface area contributed by atoms with E-state index < -0.39 is 29.6 Å². The number of alkyl carbamates (subject to hydrolysis) is 1. The van der Waals surface area contributed by atoms with Gasteiger partial charge < -0.3 is 30.0 Å². The van der Waals surface area contributed by atoms with Crippen LogP contribution < -0.4 is 25.9 Å². The first kappa shape index (κ1) is 28.1. The van der Waals surface area contributed by atoms with E-state index in [0.717, 1.165) is 5.56 Å². The first-order chi connectivity index (χ1) is 17.1. The molecule has 11 nitrogen and oxygen atoms in total. The molecular weight excluding hydrogens is 468 g/mol. The molecule has 2 rings (SSSR count). The molecule has 36 heavy (non-hydrogen) atoms. The van der Waals surface area contributed by atoms with Crippen molar-refractivity contribution in [3.05, 3.63) is 59.7 Å². The molecule has 0 fully saturated rings. The number of carbonyl (C=O) groups excluding carboxylic acids is 3. The number of hydrogen-bond donors (Lipinski definition) is 3. The van der Waals surface area contributed by atoms with Crippen molar-refractivity contribution in [2.24, 2.45) is 10.8 Å². The molecule has 0 heterocycles. The number of nitrogens with two attached hydrogens (primary N) is 1. The second-order valence-corrected chi connectivity index (χ2v) is 8.60. The predicted molar refractivity (Wildman–Crippen MR) is 133 cm³/mol. The minimum Gasteiger partial charge on any atom is -0.493 e. The fourth-order valence-corrected chi connectivity index (χ4v) is 2.78. The summed E-state index contributed by atoms with van der Waals surface area (Å²) in [5, 5.41) is 6.46. The lowest BCUT2D eigenvalue weighted by Gasteiger charge is -2.22. The molecule has 0 aromatic heterocycles. The van der Waals surface area contributed by atoms with E-state index in [2.05, 4.69) is 15.8 Å². The summed E-state index contributed by atoms with van der Waals surface area (Å²) in [6.07, 6.45) is 0.624. The molecule has 11 heteroatoms. The van der Waals surface area contributed by atoms with Gasteiger partial charge in [-0.1, -0.05) is 30.3 Å². The van der Waals surface area contributed by atoms with Crippen molar-refractivity contribution >= 4 is 24.1 Å². The number of carbonyl (C=O) groups is 3. The summed E-state index contributed by atoms with van der Waals surface area (Å²) in [7, 11) is 1.44. The summed E-state index contributed by atoms with van der Waals surface area (Å²) in [5.41, 5.74) is 8.24. The average molecular weight is 501 g/mol. The van der Waals surface area contributed by atoms with Crippen LogP contribution in [0.5, 0.6) is 11.5 Å². The van der Waals surface area contributed by atoms with Gasteiger partial charge in [0, 0.05) is 0 Å². The predicted octanol–water partition coefficient (Wildman–Crippen LogP) is 2.12. The molecular formula is C25H32N4O7. The van der Waals surface area contributed by atoms with Crippen LogP contribution in [0.4, 0.5) is 4.79 Å². The Morgan fingerprint density at radius 3 is 2.44 bits per heavy atom. The van der Waals surface area contributed by atoms with E-state index in [1.165, 1.54) is 13.3 Å². The van der Waals surface area contributed by atoms with Gasteiger partial charge in [-0.2, -0.15) is 5.10 Å². The minimum atomic E-state index is -1.06. The Bertz CT molecular complexity index is 1050. The molecule has 0 saturated carbocycles. The lowest BCUT2D eigenvalue weighted by Crippen LogP contribution is -2.49. The quantitative estimate of drug-likeness (QED) is 0.298. The number of primary amides is 1. The smallest absolute Gasteiger partial charge is 0.408 e. The maximum Gasteiger partial charge on any atom is 0.408 e. The third-order valence-corrected chi connectivity index (χ3v) is 4.35. The number of ether oxygens (including phenoxy) is 4. The standard InChI is InChI=1S/C25H32N4O7/c1-25(2,3)36-24(32)28-19(15-34-14-17-8-6-5-7-9-17)23(31)29-27-13-18-10-11-20(21(12-18)33-4)35-16-22(26)30/h5-13,19H,14-16H2,1-4H3,(H2,26,30)(H,28,32)(H,29,31)/b27-13-/t19-/m0/s1. The Morgan fingerprint density at radius 2 is 1.81 bits per heavy atom. The van der Waals surface area contributed by atoms with Crippen molar-refractivity contribution in [2.45, 2.75) is 39.0 Å². The van der Waals surface area contributed by atoms with E-state index in [9.17, 15) is 14.4 Å². The van der Waals surface area contributed by atoms with Crippen molar-refractivity contribution in [3.63, 3.8) is 0 Å². The van der Waals surface area contributed by atoms with Gasteiger partial charge in [-0.05, 0) is 50.1 Å². The molecule has 3 amide bonds. The van der Waals surface area contributed by atoms with Crippen LogP contribution in [0, 0.1) is 0 Å². The molecule has 2 aromatic carbocycles. The molecule has 0 bridgehead atoms. The van der Waals surface area contributed by atoms with E-state index in [1.54, 1.807) is 39.0 Å². The van der Waals surface area contributed by atoms with Crippen molar-refractivity contribution in [3.8, 4) is 11.5 Å². The maximum atomic E-state index is 12.7. The van der Waals surface area contributed by atoms with Crippen LogP contribution in [-0.4, -0.2) is 56.1 Å². The summed E-state index contributed by atoms with van der Waals surface area (Å²) in [6, 6.07) is 13.2. The van der Waals surface area contributed by atoms with Crippen LogP contribution in [-0.2, 0) is 25.7 Å². The third kappa shape index (κ3) is 10.4. The topological polar surface area (TPSA) is 151 Å². The number of benzene rings is 2. The number of methoxy groups -OCH3 is 1. The normalized spacial score (nSPS) is 12.0. The maximum absolute atomic E-state index is 12.7. The summed E-state index contributed by atoms with van der Waals surface area (Å²) in [5.74, 6) is -0.536. The van der Waals surface area contributed by atoms with Gasteiger partial charge in [0.05, 0.1) is 26.5 Å². The van der Waals surface area contributed by atoms with E-state index >= 15 is 0 Å². The van der Waals surface area contributed by atoms with Crippen LogP contribution in [0.2, 0.25) is 0 Å². The number of nitrogens with one attached hydrogen (secondary N) is 2. The third-order valence-electron chi connectivity index (χ3n) is 4.35. The lowest BCUT2D eigenvalue weighted by molar-refractivity contribution is -0.125. The second-order valence-electron chi connectivity index (χ2n) is 8.60. The summed E-state index contributed by atoms with van der Waals surface area (Å²) < 4.78 is 21.4. The second kappa shape index (κ2) is 13.7. The summed E-state index contributed by atoms with van der Waals surface area (Å²) >= 11 is 0. The fraction of sp³-hybridized carbons (Fsp3) is 0.360. The molecule has 0 unspecified atom stereocenters. The Morgan fingerprint density at radius 1 is 1.08 bits per heavy atom. The van der Waals surface area contributed by atoms with Gasteiger partial charge in [0.25, 0.3) is 11.8 Å². The van der Waals surface area contributed by atoms with E-state index in [1.807, 2.05) is 30.3 Å². The zero-order valence-electron chi connectivity index (χ0n) is 20.8. The minimum absolute atomic E-state index is 0.102. The first-order valence-corrected chi connectivity index (χ1v) is 11.1.